The van der Waals surface area contributed by atoms with Crippen LogP contribution in [0.2, 0.25) is 0 Å². The van der Waals surface area contributed by atoms with E-state index in [-0.39, 0.29) is 6.61 Å². The highest BCUT2D eigenvalue weighted by Gasteiger charge is 2.14. The van der Waals surface area contributed by atoms with Crippen molar-refractivity contribution in [2.24, 2.45) is 0 Å². The molecule has 148 valence electrons. The Morgan fingerprint density at radius 2 is 1.12 bits per heavy atom. The van der Waals surface area contributed by atoms with Gasteiger partial charge >= 0.3 is 0 Å². The molecule has 0 saturated heterocycles. The lowest BCUT2D eigenvalue weighted by molar-refractivity contribution is 0.163. The average molecular weight is 347 g/mol. The predicted octanol–water partition coefficient (Wildman–Crippen LogP) is 1.92. The van der Waals surface area contributed by atoms with Crippen LogP contribution in [0.1, 0.15) is 40.5 Å². The van der Waals surface area contributed by atoms with Gasteiger partial charge in [0.15, 0.2) is 0 Å². The van der Waals surface area contributed by atoms with E-state index in [1.807, 2.05) is 13.8 Å². The Kier molecular flexibility index (Phi) is 17.7. The molecule has 0 saturated carbocycles. The summed E-state index contributed by atoms with van der Waals surface area (Å²) in [5.74, 6) is 0. The molecule has 0 aromatic carbocycles. The van der Waals surface area contributed by atoms with Crippen LogP contribution in [0.4, 0.5) is 0 Å². The lowest BCUT2D eigenvalue weighted by atomic mass is 10.1. The van der Waals surface area contributed by atoms with Crippen molar-refractivity contribution in [3.05, 3.63) is 0 Å². The number of aliphatic hydroxyl groups excluding tert-OH is 1. The van der Waals surface area contributed by atoms with Gasteiger partial charge in [0.2, 0.25) is 0 Å². The van der Waals surface area contributed by atoms with Crippen LogP contribution in [0, 0.1) is 0 Å². The van der Waals surface area contributed by atoms with E-state index in [0.717, 1.165) is 32.7 Å². The van der Waals surface area contributed by atoms with Gasteiger partial charge in [0.1, 0.15) is 0 Å². The second-order valence-electron chi connectivity index (χ2n) is 7.07. The van der Waals surface area contributed by atoms with Gasteiger partial charge in [-0.1, -0.05) is 13.8 Å². The van der Waals surface area contributed by atoms with Crippen LogP contribution in [0.5, 0.6) is 0 Å². The minimum absolute atomic E-state index is 0.241. The number of rotatable bonds is 13. The summed E-state index contributed by atoms with van der Waals surface area (Å²) in [7, 11) is 10.8. The molecule has 2 atom stereocenters. The lowest BCUT2D eigenvalue weighted by Gasteiger charge is -2.30. The van der Waals surface area contributed by atoms with Gasteiger partial charge in [-0.3, -0.25) is 0 Å². The lowest BCUT2D eigenvalue weighted by Crippen LogP contribution is -2.39. The quantitative estimate of drug-likeness (QED) is 0.551. The molecular weight excluding hydrogens is 300 g/mol. The van der Waals surface area contributed by atoms with Gasteiger partial charge in [-0.05, 0) is 75.0 Å². The Morgan fingerprint density at radius 3 is 1.58 bits per heavy atom. The zero-order chi connectivity index (χ0) is 19.1. The Bertz CT molecular complexity index is 264. The standard InChI is InChI=1S/C17H40N4O.C2H6/c1-16(8-10-18(3)4)20(6)11-9-17(2)21(7)13-12-19(5)14-15-22;1-2/h16-17,22H,8-15H2,1-7H3;1-2H3. The molecule has 0 bridgehead atoms. The van der Waals surface area contributed by atoms with E-state index in [9.17, 15) is 0 Å². The Labute approximate surface area is 152 Å². The van der Waals surface area contributed by atoms with E-state index in [2.05, 4.69) is 68.7 Å². The summed E-state index contributed by atoms with van der Waals surface area (Å²) < 4.78 is 0. The molecule has 0 aliphatic rings. The van der Waals surface area contributed by atoms with E-state index >= 15 is 0 Å². The largest absolute Gasteiger partial charge is 0.395 e. The summed E-state index contributed by atoms with van der Waals surface area (Å²) in [4.78, 5) is 9.33. The van der Waals surface area contributed by atoms with Gasteiger partial charge < -0.3 is 24.7 Å². The maximum atomic E-state index is 8.92. The Morgan fingerprint density at radius 1 is 0.667 bits per heavy atom. The second-order valence-corrected chi connectivity index (χ2v) is 7.07. The van der Waals surface area contributed by atoms with Crippen molar-refractivity contribution in [2.45, 2.75) is 52.6 Å². The van der Waals surface area contributed by atoms with Gasteiger partial charge in [0, 0.05) is 31.7 Å². The van der Waals surface area contributed by atoms with Gasteiger partial charge in [0.05, 0.1) is 6.61 Å². The first-order valence-electron chi connectivity index (χ1n) is 9.62. The molecule has 1 N–H and O–H groups in total. The van der Waals surface area contributed by atoms with E-state index in [1.165, 1.54) is 12.8 Å². The van der Waals surface area contributed by atoms with E-state index < -0.39 is 0 Å². The van der Waals surface area contributed by atoms with Crippen LogP contribution in [-0.4, -0.2) is 111 Å². The fourth-order valence-electron chi connectivity index (χ4n) is 2.33. The molecule has 0 fully saturated rings. The Hall–Kier alpha value is -0.200. The fraction of sp³-hybridized carbons (Fsp3) is 1.00. The van der Waals surface area contributed by atoms with Crippen molar-refractivity contribution >= 4 is 0 Å². The minimum Gasteiger partial charge on any atom is -0.395 e. The van der Waals surface area contributed by atoms with Crippen molar-refractivity contribution < 1.29 is 5.11 Å². The fourth-order valence-corrected chi connectivity index (χ4v) is 2.33. The van der Waals surface area contributed by atoms with Crippen molar-refractivity contribution in [3.63, 3.8) is 0 Å². The van der Waals surface area contributed by atoms with E-state index in [0.29, 0.717) is 12.1 Å². The molecule has 0 amide bonds. The highest BCUT2D eigenvalue weighted by atomic mass is 16.3. The molecule has 5 heteroatoms. The zero-order valence-corrected chi connectivity index (χ0v) is 18.0. The third-order valence-electron chi connectivity index (χ3n) is 4.71. The summed E-state index contributed by atoms with van der Waals surface area (Å²) in [6, 6.07) is 1.22. The highest BCUT2D eigenvalue weighted by molar-refractivity contribution is 4.70. The monoisotopic (exact) mass is 346 g/mol. The van der Waals surface area contributed by atoms with Gasteiger partial charge in [-0.15, -0.1) is 0 Å². The van der Waals surface area contributed by atoms with Gasteiger partial charge in [0.25, 0.3) is 0 Å². The molecule has 0 rings (SSSR count). The van der Waals surface area contributed by atoms with Crippen molar-refractivity contribution in [1.29, 1.82) is 0 Å². The minimum atomic E-state index is 0.241. The first-order valence-corrected chi connectivity index (χ1v) is 9.62. The third-order valence-corrected chi connectivity index (χ3v) is 4.71. The average Bonchev–Trinajstić information content (AvgIpc) is 2.56. The van der Waals surface area contributed by atoms with Crippen LogP contribution >= 0.6 is 0 Å². The smallest absolute Gasteiger partial charge is 0.0558 e. The highest BCUT2D eigenvalue weighted by Crippen LogP contribution is 2.07. The molecule has 0 spiro atoms. The number of hydrogen-bond donors (Lipinski definition) is 1. The Balaban J connectivity index is 0. The van der Waals surface area contributed by atoms with Crippen LogP contribution in [-0.2, 0) is 0 Å². The maximum Gasteiger partial charge on any atom is 0.0558 e. The molecule has 0 aromatic heterocycles. The number of nitrogens with zero attached hydrogens (tertiary/aromatic N) is 4. The second kappa shape index (κ2) is 16.3. The van der Waals surface area contributed by atoms with Gasteiger partial charge in [-0.2, -0.15) is 0 Å². The molecule has 0 aliphatic heterocycles. The van der Waals surface area contributed by atoms with Crippen LogP contribution in [0.15, 0.2) is 0 Å². The van der Waals surface area contributed by atoms with Crippen LogP contribution in [0.25, 0.3) is 0 Å². The number of aliphatic hydroxyl groups is 1. The van der Waals surface area contributed by atoms with Crippen molar-refractivity contribution in [2.75, 3.05) is 74.6 Å². The molecular formula is C19H46N4O. The van der Waals surface area contributed by atoms with Crippen molar-refractivity contribution in [1.82, 2.24) is 19.6 Å². The summed E-state index contributed by atoms with van der Waals surface area (Å²) in [5.41, 5.74) is 0. The number of likely N-dealkylation sites (N-methyl/N-ethyl adjacent to an activating group) is 2. The summed E-state index contributed by atoms with van der Waals surface area (Å²) in [5, 5.41) is 8.92. The molecule has 24 heavy (non-hydrogen) atoms. The molecule has 0 aliphatic carbocycles. The normalized spacial score (nSPS) is 14.2. The summed E-state index contributed by atoms with van der Waals surface area (Å²) in [6.45, 7) is 14.0. The molecule has 5 nitrogen and oxygen atoms in total. The number of hydrogen-bond acceptors (Lipinski definition) is 5. The van der Waals surface area contributed by atoms with E-state index in [4.69, 9.17) is 5.11 Å². The SMILES string of the molecule is CC.CC(CCN(C)C)N(C)CCC(C)N(C)CCN(C)CCO. The third kappa shape index (κ3) is 14.2. The predicted molar refractivity (Wildman–Crippen MR) is 108 cm³/mol. The van der Waals surface area contributed by atoms with Crippen LogP contribution in [0.3, 0.4) is 0 Å². The summed E-state index contributed by atoms with van der Waals surface area (Å²) in [6.07, 6.45) is 2.42. The first-order chi connectivity index (χ1) is 11.3. The molecule has 0 aromatic rings. The topological polar surface area (TPSA) is 33.2 Å². The van der Waals surface area contributed by atoms with Gasteiger partial charge in [-0.25, -0.2) is 0 Å². The molecule has 0 radical (unpaired) electrons. The van der Waals surface area contributed by atoms with Crippen LogP contribution < -0.4 is 0 Å². The molecule has 2 unspecified atom stereocenters. The first kappa shape index (κ1) is 26.0. The zero-order valence-electron chi connectivity index (χ0n) is 18.0. The van der Waals surface area contributed by atoms with Crippen molar-refractivity contribution in [3.8, 4) is 0 Å². The summed E-state index contributed by atoms with van der Waals surface area (Å²) >= 11 is 0. The molecule has 0 heterocycles. The van der Waals surface area contributed by atoms with E-state index in [1.54, 1.807) is 0 Å². The maximum absolute atomic E-state index is 8.92.